The molecule has 0 aliphatic rings. The predicted octanol–water partition coefficient (Wildman–Crippen LogP) is 0.609. The van der Waals surface area contributed by atoms with Crippen LogP contribution in [-0.4, -0.2) is 41.4 Å². The third-order valence-corrected chi connectivity index (χ3v) is 2.37. The van der Waals surface area contributed by atoms with Crippen molar-refractivity contribution < 1.29 is 19.0 Å². The van der Waals surface area contributed by atoms with E-state index >= 15 is 0 Å². The Kier molecular flexibility index (Phi) is 5.48. The molecule has 0 bridgehead atoms. The van der Waals surface area contributed by atoms with Gasteiger partial charge in [0, 0.05) is 13.1 Å². The van der Waals surface area contributed by atoms with Crippen molar-refractivity contribution in [2.75, 3.05) is 13.1 Å². The van der Waals surface area contributed by atoms with Gasteiger partial charge in [0.05, 0.1) is 5.60 Å². The second-order valence-corrected chi connectivity index (χ2v) is 4.04. The van der Waals surface area contributed by atoms with Crippen LogP contribution in [0.25, 0.3) is 0 Å². The predicted molar refractivity (Wildman–Crippen MR) is 50.3 cm³/mol. The molecule has 0 heterocycles. The second-order valence-electron chi connectivity index (χ2n) is 4.04. The minimum atomic E-state index is -2.74. The van der Waals surface area contributed by atoms with Crippen molar-refractivity contribution >= 4 is 0 Å². The molecule has 0 saturated heterocycles. The SMILES string of the molecule is CC(C)C(C)(O)CNCC(O)C(F)F. The summed E-state index contributed by atoms with van der Waals surface area (Å²) in [6.45, 7) is 5.28. The minimum Gasteiger partial charge on any atom is -0.389 e. The average Bonchev–Trinajstić information content (AvgIpc) is 2.03. The van der Waals surface area contributed by atoms with Crippen molar-refractivity contribution in [3.8, 4) is 0 Å². The largest absolute Gasteiger partial charge is 0.389 e. The molecule has 0 aliphatic heterocycles. The van der Waals surface area contributed by atoms with Gasteiger partial charge < -0.3 is 15.5 Å². The van der Waals surface area contributed by atoms with E-state index < -0.39 is 18.1 Å². The summed E-state index contributed by atoms with van der Waals surface area (Å²) < 4.78 is 23.7. The second kappa shape index (κ2) is 5.58. The van der Waals surface area contributed by atoms with E-state index in [-0.39, 0.29) is 19.0 Å². The molecule has 0 aromatic rings. The topological polar surface area (TPSA) is 52.5 Å². The fourth-order valence-electron chi connectivity index (χ4n) is 0.766. The normalized spacial score (nSPS) is 18.6. The summed E-state index contributed by atoms with van der Waals surface area (Å²) in [5.41, 5.74) is -0.943. The first-order chi connectivity index (χ1) is 6.27. The van der Waals surface area contributed by atoms with Crippen LogP contribution >= 0.6 is 0 Å². The highest BCUT2D eigenvalue weighted by Crippen LogP contribution is 2.14. The molecule has 0 aromatic heterocycles. The zero-order valence-electron chi connectivity index (χ0n) is 8.80. The lowest BCUT2D eigenvalue weighted by Gasteiger charge is -2.28. The van der Waals surface area contributed by atoms with Gasteiger partial charge in [-0.25, -0.2) is 8.78 Å². The Morgan fingerprint density at radius 1 is 1.36 bits per heavy atom. The Labute approximate surface area is 83.1 Å². The van der Waals surface area contributed by atoms with Gasteiger partial charge in [-0.3, -0.25) is 0 Å². The smallest absolute Gasteiger partial charge is 0.265 e. The first kappa shape index (κ1) is 13.7. The van der Waals surface area contributed by atoms with Gasteiger partial charge in [-0.2, -0.15) is 0 Å². The Hall–Kier alpha value is -0.260. The van der Waals surface area contributed by atoms with E-state index in [1.165, 1.54) is 0 Å². The fraction of sp³-hybridized carbons (Fsp3) is 1.00. The number of rotatable bonds is 6. The van der Waals surface area contributed by atoms with Crippen LogP contribution in [0, 0.1) is 5.92 Å². The third kappa shape index (κ3) is 4.83. The standard InChI is InChI=1S/C9H19F2NO2/c1-6(2)9(3,14)5-12-4-7(13)8(10)11/h6-8,12-14H,4-5H2,1-3H3. The molecule has 0 radical (unpaired) electrons. The summed E-state index contributed by atoms with van der Waals surface area (Å²) in [6, 6.07) is 0. The molecule has 0 aromatic carbocycles. The van der Waals surface area contributed by atoms with E-state index in [2.05, 4.69) is 5.32 Å². The summed E-state index contributed by atoms with van der Waals surface area (Å²) in [4.78, 5) is 0. The van der Waals surface area contributed by atoms with Crippen LogP contribution < -0.4 is 5.32 Å². The fourth-order valence-corrected chi connectivity index (χ4v) is 0.766. The summed E-state index contributed by atoms with van der Waals surface area (Å²) in [5, 5.41) is 21.1. The van der Waals surface area contributed by atoms with Gasteiger partial charge in [0.15, 0.2) is 0 Å². The van der Waals surface area contributed by atoms with Crippen LogP contribution in [-0.2, 0) is 0 Å². The Bertz CT molecular complexity index is 163. The van der Waals surface area contributed by atoms with Gasteiger partial charge in [-0.15, -0.1) is 0 Å². The maximum absolute atomic E-state index is 11.9. The number of aliphatic hydroxyl groups is 2. The Balaban J connectivity index is 3.74. The molecule has 0 rings (SSSR count). The lowest BCUT2D eigenvalue weighted by atomic mass is 9.92. The van der Waals surface area contributed by atoms with Crippen molar-refractivity contribution in [1.82, 2.24) is 5.32 Å². The van der Waals surface area contributed by atoms with E-state index in [4.69, 9.17) is 5.11 Å². The van der Waals surface area contributed by atoms with Gasteiger partial charge in [-0.05, 0) is 12.8 Å². The maximum atomic E-state index is 11.9. The summed E-state index contributed by atoms with van der Waals surface area (Å²) in [6.07, 6.45) is -4.41. The van der Waals surface area contributed by atoms with E-state index in [0.29, 0.717) is 0 Å². The van der Waals surface area contributed by atoms with Crippen LogP contribution in [0.15, 0.2) is 0 Å². The molecule has 0 spiro atoms. The molecule has 14 heavy (non-hydrogen) atoms. The lowest BCUT2D eigenvalue weighted by molar-refractivity contribution is -0.0155. The average molecular weight is 211 g/mol. The maximum Gasteiger partial charge on any atom is 0.265 e. The highest BCUT2D eigenvalue weighted by Gasteiger charge is 2.25. The number of aliphatic hydroxyl groups excluding tert-OH is 1. The number of hydrogen-bond acceptors (Lipinski definition) is 3. The van der Waals surface area contributed by atoms with E-state index in [1.807, 2.05) is 13.8 Å². The Morgan fingerprint density at radius 3 is 2.21 bits per heavy atom. The van der Waals surface area contributed by atoms with Crippen LogP contribution in [0.3, 0.4) is 0 Å². The van der Waals surface area contributed by atoms with Crippen molar-refractivity contribution in [3.05, 3.63) is 0 Å². The molecular weight excluding hydrogens is 192 g/mol. The zero-order chi connectivity index (χ0) is 11.4. The highest BCUT2D eigenvalue weighted by molar-refractivity contribution is 4.79. The molecule has 86 valence electrons. The Morgan fingerprint density at radius 2 is 1.86 bits per heavy atom. The molecule has 0 amide bonds. The number of nitrogens with one attached hydrogen (secondary N) is 1. The third-order valence-electron chi connectivity index (χ3n) is 2.37. The van der Waals surface area contributed by atoms with Crippen LogP contribution in [0.1, 0.15) is 20.8 Å². The van der Waals surface area contributed by atoms with E-state index in [9.17, 15) is 13.9 Å². The van der Waals surface area contributed by atoms with Crippen molar-refractivity contribution in [2.24, 2.45) is 5.92 Å². The van der Waals surface area contributed by atoms with Gasteiger partial charge in [0.1, 0.15) is 6.10 Å². The number of hydrogen-bond donors (Lipinski definition) is 3. The van der Waals surface area contributed by atoms with Gasteiger partial charge in [0.25, 0.3) is 6.43 Å². The lowest BCUT2D eigenvalue weighted by Crippen LogP contribution is -2.45. The van der Waals surface area contributed by atoms with Gasteiger partial charge in [0.2, 0.25) is 0 Å². The first-order valence-electron chi connectivity index (χ1n) is 4.66. The molecule has 0 fully saturated rings. The number of alkyl halides is 2. The molecule has 0 aliphatic carbocycles. The van der Waals surface area contributed by atoms with Crippen LogP contribution in [0.5, 0.6) is 0 Å². The van der Waals surface area contributed by atoms with Crippen molar-refractivity contribution in [2.45, 2.75) is 38.9 Å². The summed E-state index contributed by atoms with van der Waals surface area (Å²) >= 11 is 0. The van der Waals surface area contributed by atoms with E-state index in [0.717, 1.165) is 0 Å². The molecule has 5 heteroatoms. The summed E-state index contributed by atoms with van der Waals surface area (Å²) in [5.74, 6) is 0.0266. The van der Waals surface area contributed by atoms with Crippen molar-refractivity contribution in [3.63, 3.8) is 0 Å². The van der Waals surface area contributed by atoms with Crippen LogP contribution in [0.4, 0.5) is 8.78 Å². The monoisotopic (exact) mass is 211 g/mol. The molecule has 2 atom stereocenters. The molecular formula is C9H19F2NO2. The highest BCUT2D eigenvalue weighted by atomic mass is 19.3. The van der Waals surface area contributed by atoms with E-state index in [1.54, 1.807) is 6.92 Å². The van der Waals surface area contributed by atoms with Crippen LogP contribution in [0.2, 0.25) is 0 Å². The molecule has 3 N–H and O–H groups in total. The van der Waals surface area contributed by atoms with Crippen molar-refractivity contribution in [1.29, 1.82) is 0 Å². The molecule has 3 nitrogen and oxygen atoms in total. The van der Waals surface area contributed by atoms with Gasteiger partial charge >= 0.3 is 0 Å². The molecule has 2 unspecified atom stereocenters. The minimum absolute atomic E-state index is 0.0266. The van der Waals surface area contributed by atoms with Gasteiger partial charge in [-0.1, -0.05) is 13.8 Å². The summed E-state index contributed by atoms with van der Waals surface area (Å²) in [7, 11) is 0. The number of halogens is 2. The first-order valence-corrected chi connectivity index (χ1v) is 4.66. The quantitative estimate of drug-likeness (QED) is 0.603. The zero-order valence-corrected chi connectivity index (χ0v) is 8.80. The molecule has 0 saturated carbocycles.